The standard InChI is InChI=1S/C11H20N2O4S/c14-11(9-17-10-1-3-12-4-2-10)13-5-7-18(15,16)8-6-13/h10,12H,1-9H2. The smallest absolute Gasteiger partial charge is 0.248 e. The molecule has 0 aromatic heterocycles. The van der Waals surface area contributed by atoms with Crippen molar-refractivity contribution in [2.24, 2.45) is 0 Å². The molecular weight excluding hydrogens is 256 g/mol. The highest BCUT2D eigenvalue weighted by Gasteiger charge is 2.25. The van der Waals surface area contributed by atoms with E-state index in [1.54, 1.807) is 4.90 Å². The maximum absolute atomic E-state index is 11.8. The minimum atomic E-state index is -2.93. The fourth-order valence-corrected chi connectivity index (χ4v) is 3.41. The number of carbonyl (C=O) groups is 1. The van der Waals surface area contributed by atoms with Crippen molar-refractivity contribution in [3.63, 3.8) is 0 Å². The van der Waals surface area contributed by atoms with E-state index in [2.05, 4.69) is 5.32 Å². The average molecular weight is 276 g/mol. The van der Waals surface area contributed by atoms with Gasteiger partial charge in [-0.2, -0.15) is 0 Å². The second-order valence-corrected chi connectivity index (χ2v) is 7.10. The van der Waals surface area contributed by atoms with Crippen molar-refractivity contribution in [3.8, 4) is 0 Å². The summed E-state index contributed by atoms with van der Waals surface area (Å²) in [5.41, 5.74) is 0. The first kappa shape index (κ1) is 13.8. The van der Waals surface area contributed by atoms with Crippen LogP contribution in [-0.4, -0.2) is 69.6 Å². The molecule has 1 N–H and O–H groups in total. The molecule has 1 amide bonds. The van der Waals surface area contributed by atoms with E-state index in [1.807, 2.05) is 0 Å². The van der Waals surface area contributed by atoms with E-state index in [0.29, 0.717) is 13.1 Å². The number of hydrogen-bond acceptors (Lipinski definition) is 5. The lowest BCUT2D eigenvalue weighted by molar-refractivity contribution is -0.138. The first-order chi connectivity index (χ1) is 8.57. The monoisotopic (exact) mass is 276 g/mol. The van der Waals surface area contributed by atoms with Gasteiger partial charge in [0.15, 0.2) is 9.84 Å². The van der Waals surface area contributed by atoms with Crippen LogP contribution in [0.3, 0.4) is 0 Å². The number of sulfone groups is 1. The van der Waals surface area contributed by atoms with Crippen LogP contribution in [0.25, 0.3) is 0 Å². The number of piperidine rings is 1. The SMILES string of the molecule is O=C(COC1CCNCC1)N1CCS(=O)(=O)CC1. The molecule has 2 aliphatic heterocycles. The van der Waals surface area contributed by atoms with Gasteiger partial charge >= 0.3 is 0 Å². The third-order valence-corrected chi connectivity index (χ3v) is 5.03. The Kier molecular flexibility index (Phi) is 4.58. The summed E-state index contributed by atoms with van der Waals surface area (Å²) in [7, 11) is -2.93. The van der Waals surface area contributed by atoms with Gasteiger partial charge < -0.3 is 15.0 Å². The first-order valence-electron chi connectivity index (χ1n) is 6.37. The summed E-state index contributed by atoms with van der Waals surface area (Å²) in [6.45, 7) is 2.54. The Labute approximate surface area is 108 Å². The summed E-state index contributed by atoms with van der Waals surface area (Å²) in [5, 5.41) is 3.23. The van der Waals surface area contributed by atoms with E-state index < -0.39 is 9.84 Å². The molecule has 2 aliphatic rings. The summed E-state index contributed by atoms with van der Waals surface area (Å²) in [6.07, 6.45) is 2.02. The van der Waals surface area contributed by atoms with Crippen LogP contribution in [-0.2, 0) is 19.4 Å². The maximum Gasteiger partial charge on any atom is 0.248 e. The molecule has 2 rings (SSSR count). The van der Waals surface area contributed by atoms with Crippen molar-refractivity contribution in [2.45, 2.75) is 18.9 Å². The van der Waals surface area contributed by atoms with E-state index in [9.17, 15) is 13.2 Å². The Morgan fingerprint density at radius 1 is 1.22 bits per heavy atom. The molecule has 2 heterocycles. The second kappa shape index (κ2) is 5.99. The Bertz CT molecular complexity index is 376. The van der Waals surface area contributed by atoms with Crippen molar-refractivity contribution >= 4 is 15.7 Å². The Morgan fingerprint density at radius 2 is 1.83 bits per heavy atom. The molecule has 104 valence electrons. The van der Waals surface area contributed by atoms with Gasteiger partial charge in [-0.1, -0.05) is 0 Å². The van der Waals surface area contributed by atoms with Gasteiger partial charge in [-0.3, -0.25) is 4.79 Å². The molecule has 2 fully saturated rings. The van der Waals surface area contributed by atoms with E-state index in [1.165, 1.54) is 0 Å². The zero-order valence-corrected chi connectivity index (χ0v) is 11.2. The van der Waals surface area contributed by atoms with Gasteiger partial charge in [0.1, 0.15) is 6.61 Å². The quantitative estimate of drug-likeness (QED) is 0.716. The molecule has 0 bridgehead atoms. The van der Waals surface area contributed by atoms with Gasteiger partial charge in [0.05, 0.1) is 17.6 Å². The van der Waals surface area contributed by atoms with Gasteiger partial charge in [-0.25, -0.2) is 8.42 Å². The molecule has 0 spiro atoms. The molecule has 18 heavy (non-hydrogen) atoms. The molecule has 7 heteroatoms. The summed E-state index contributed by atoms with van der Waals surface area (Å²) < 4.78 is 28.1. The van der Waals surface area contributed by atoms with Crippen LogP contribution in [0.4, 0.5) is 0 Å². The maximum atomic E-state index is 11.8. The summed E-state index contributed by atoms with van der Waals surface area (Å²) in [6, 6.07) is 0. The third-order valence-electron chi connectivity index (χ3n) is 3.43. The van der Waals surface area contributed by atoms with Crippen molar-refractivity contribution in [3.05, 3.63) is 0 Å². The largest absolute Gasteiger partial charge is 0.368 e. The molecule has 2 saturated heterocycles. The van der Waals surface area contributed by atoms with E-state index in [-0.39, 0.29) is 30.1 Å². The molecule has 0 aliphatic carbocycles. The first-order valence-corrected chi connectivity index (χ1v) is 8.19. The van der Waals surface area contributed by atoms with Gasteiger partial charge in [-0.15, -0.1) is 0 Å². The molecule has 0 aromatic carbocycles. The van der Waals surface area contributed by atoms with Crippen LogP contribution >= 0.6 is 0 Å². The van der Waals surface area contributed by atoms with Crippen LogP contribution in [0.1, 0.15) is 12.8 Å². The highest BCUT2D eigenvalue weighted by atomic mass is 32.2. The summed E-state index contributed by atoms with van der Waals surface area (Å²) in [5.74, 6) is 0.0569. The normalized spacial score (nSPS) is 25.0. The van der Waals surface area contributed by atoms with Crippen LogP contribution in [0, 0.1) is 0 Å². The fraction of sp³-hybridized carbons (Fsp3) is 0.909. The zero-order valence-electron chi connectivity index (χ0n) is 10.4. The van der Waals surface area contributed by atoms with Crippen molar-refractivity contribution in [1.29, 1.82) is 0 Å². The summed E-state index contributed by atoms with van der Waals surface area (Å²) in [4.78, 5) is 13.4. The number of ether oxygens (including phenoxy) is 1. The van der Waals surface area contributed by atoms with Crippen LogP contribution in [0.15, 0.2) is 0 Å². The molecule has 0 radical (unpaired) electrons. The Balaban J connectivity index is 1.71. The van der Waals surface area contributed by atoms with Crippen LogP contribution in [0.5, 0.6) is 0 Å². The number of rotatable bonds is 3. The predicted octanol–water partition coefficient (Wildman–Crippen LogP) is -0.988. The molecule has 0 aromatic rings. The number of amides is 1. The van der Waals surface area contributed by atoms with Gasteiger partial charge in [-0.05, 0) is 25.9 Å². The van der Waals surface area contributed by atoms with E-state index >= 15 is 0 Å². The minimum Gasteiger partial charge on any atom is -0.368 e. The van der Waals surface area contributed by atoms with Gasteiger partial charge in [0.25, 0.3) is 0 Å². The topological polar surface area (TPSA) is 75.7 Å². The van der Waals surface area contributed by atoms with Gasteiger partial charge in [0.2, 0.25) is 5.91 Å². The molecular formula is C11H20N2O4S. The Morgan fingerprint density at radius 3 is 2.44 bits per heavy atom. The number of nitrogens with one attached hydrogen (secondary N) is 1. The lowest BCUT2D eigenvalue weighted by Crippen LogP contribution is -2.45. The second-order valence-electron chi connectivity index (χ2n) is 4.79. The number of nitrogens with zero attached hydrogens (tertiary/aromatic N) is 1. The molecule has 0 saturated carbocycles. The van der Waals surface area contributed by atoms with Gasteiger partial charge in [0, 0.05) is 13.1 Å². The molecule has 6 nitrogen and oxygen atoms in total. The predicted molar refractivity (Wildman–Crippen MR) is 67.1 cm³/mol. The Hall–Kier alpha value is -0.660. The molecule has 0 atom stereocenters. The lowest BCUT2D eigenvalue weighted by Gasteiger charge is -2.28. The zero-order chi connectivity index (χ0) is 13.0. The average Bonchev–Trinajstić information content (AvgIpc) is 2.37. The van der Waals surface area contributed by atoms with Crippen molar-refractivity contribution < 1.29 is 17.9 Å². The highest BCUT2D eigenvalue weighted by Crippen LogP contribution is 2.09. The van der Waals surface area contributed by atoms with Crippen molar-refractivity contribution in [2.75, 3.05) is 44.3 Å². The lowest BCUT2D eigenvalue weighted by atomic mass is 10.1. The van der Waals surface area contributed by atoms with Crippen molar-refractivity contribution in [1.82, 2.24) is 10.2 Å². The fourth-order valence-electron chi connectivity index (χ4n) is 2.20. The minimum absolute atomic E-state index is 0.0741. The third kappa shape index (κ3) is 3.93. The highest BCUT2D eigenvalue weighted by molar-refractivity contribution is 7.91. The number of hydrogen-bond donors (Lipinski definition) is 1. The van der Waals surface area contributed by atoms with E-state index in [0.717, 1.165) is 25.9 Å². The number of carbonyl (C=O) groups excluding carboxylic acids is 1. The van der Waals surface area contributed by atoms with Crippen LogP contribution < -0.4 is 5.32 Å². The van der Waals surface area contributed by atoms with E-state index in [4.69, 9.17) is 4.74 Å². The summed E-state index contributed by atoms with van der Waals surface area (Å²) >= 11 is 0. The molecule has 0 unspecified atom stereocenters. The van der Waals surface area contributed by atoms with Crippen LogP contribution in [0.2, 0.25) is 0 Å².